The van der Waals surface area contributed by atoms with Crippen molar-refractivity contribution in [2.24, 2.45) is 0 Å². The van der Waals surface area contributed by atoms with E-state index in [-0.39, 0.29) is 17.9 Å². The van der Waals surface area contributed by atoms with E-state index in [1.807, 2.05) is 42.6 Å². The highest BCUT2D eigenvalue weighted by atomic mass is 32.2. The van der Waals surface area contributed by atoms with Crippen molar-refractivity contribution in [2.75, 3.05) is 5.32 Å². The van der Waals surface area contributed by atoms with Crippen LogP contribution >= 0.6 is 11.8 Å². The summed E-state index contributed by atoms with van der Waals surface area (Å²) in [4.78, 5) is 41.1. The van der Waals surface area contributed by atoms with Crippen molar-refractivity contribution >= 4 is 51.1 Å². The van der Waals surface area contributed by atoms with Crippen LogP contribution in [0.2, 0.25) is 0 Å². The van der Waals surface area contributed by atoms with Crippen molar-refractivity contribution in [3.05, 3.63) is 64.6 Å². The van der Waals surface area contributed by atoms with Crippen LogP contribution in [-0.2, 0) is 16.0 Å². The number of aromatic amines is 2. The number of aliphatic carboxylic acids is 1. The minimum absolute atomic E-state index is 0.0891. The molecule has 0 saturated carbocycles. The van der Waals surface area contributed by atoms with Crippen molar-refractivity contribution in [2.45, 2.75) is 43.4 Å². The molecule has 0 bridgehead atoms. The molecule has 8 heteroatoms. The lowest BCUT2D eigenvalue weighted by atomic mass is 10.1. The molecule has 0 spiro atoms. The van der Waals surface area contributed by atoms with Crippen LogP contribution in [-0.4, -0.2) is 27.0 Å². The number of H-pyrrole nitrogens is 2. The number of carbonyl (C=O) groups excluding carboxylic acids is 1. The highest BCUT2D eigenvalue weighted by Crippen LogP contribution is 2.33. The maximum absolute atomic E-state index is 12.3. The second kappa shape index (κ2) is 10.2. The van der Waals surface area contributed by atoms with Gasteiger partial charge in [-0.25, -0.2) is 0 Å². The van der Waals surface area contributed by atoms with Crippen LogP contribution in [0.3, 0.4) is 0 Å². The molecule has 7 nitrogen and oxygen atoms in total. The molecule has 0 aliphatic carbocycles. The molecule has 2 aromatic heterocycles. The molecule has 0 unspecified atom stereocenters. The van der Waals surface area contributed by atoms with Gasteiger partial charge in [-0.15, -0.1) is 0 Å². The van der Waals surface area contributed by atoms with Gasteiger partial charge >= 0.3 is 5.97 Å². The van der Waals surface area contributed by atoms with E-state index in [0.717, 1.165) is 43.8 Å². The topological polar surface area (TPSA) is 115 Å². The quantitative estimate of drug-likeness (QED) is 0.334. The maximum Gasteiger partial charge on any atom is 0.303 e. The molecule has 0 fully saturated rings. The van der Waals surface area contributed by atoms with Gasteiger partial charge in [-0.3, -0.25) is 14.4 Å². The molecular weight excluding hydrogens is 426 g/mol. The van der Waals surface area contributed by atoms with Gasteiger partial charge in [0, 0.05) is 51.3 Å². The van der Waals surface area contributed by atoms with E-state index in [1.54, 1.807) is 18.7 Å². The number of amides is 1. The number of hydrogen-bond acceptors (Lipinski definition) is 4. The van der Waals surface area contributed by atoms with E-state index in [1.165, 1.54) is 6.92 Å². The SMILES string of the molecule is CCC(=O)O.CCc1c[nH]c2c(=O)[nH]c3ccc(Sc4cccc(NC(C)=O)c4)cc3c12. The highest BCUT2D eigenvalue weighted by Gasteiger charge is 2.11. The fourth-order valence-electron chi connectivity index (χ4n) is 3.29. The molecule has 4 aromatic rings. The average Bonchev–Trinajstić information content (AvgIpc) is 3.20. The number of benzene rings is 2. The lowest BCUT2D eigenvalue weighted by molar-refractivity contribution is -0.136. The molecule has 0 radical (unpaired) electrons. The Labute approximate surface area is 189 Å². The van der Waals surface area contributed by atoms with Gasteiger partial charge in [-0.05, 0) is 48.4 Å². The smallest absolute Gasteiger partial charge is 0.303 e. The largest absolute Gasteiger partial charge is 0.481 e. The number of hydrogen-bond donors (Lipinski definition) is 4. The molecule has 4 N–H and O–H groups in total. The zero-order chi connectivity index (χ0) is 23.3. The summed E-state index contributed by atoms with van der Waals surface area (Å²) in [5.41, 5.74) is 3.27. The van der Waals surface area contributed by atoms with Gasteiger partial charge in [0.25, 0.3) is 5.56 Å². The van der Waals surface area contributed by atoms with Gasteiger partial charge in [0.1, 0.15) is 5.52 Å². The first-order valence-electron chi connectivity index (χ1n) is 10.3. The summed E-state index contributed by atoms with van der Waals surface area (Å²) in [5, 5.41) is 12.6. The minimum Gasteiger partial charge on any atom is -0.481 e. The van der Waals surface area contributed by atoms with E-state index in [0.29, 0.717) is 5.52 Å². The zero-order valence-electron chi connectivity index (χ0n) is 18.1. The van der Waals surface area contributed by atoms with Crippen molar-refractivity contribution in [3.8, 4) is 0 Å². The van der Waals surface area contributed by atoms with Crippen LogP contribution in [0.25, 0.3) is 21.8 Å². The zero-order valence-corrected chi connectivity index (χ0v) is 18.9. The van der Waals surface area contributed by atoms with Crippen LogP contribution in [0.15, 0.2) is 63.2 Å². The predicted octanol–water partition coefficient (Wildman–Crippen LogP) is 5.16. The Hall–Kier alpha value is -3.52. The Kier molecular flexibility index (Phi) is 7.37. The molecule has 0 aliphatic rings. The molecule has 166 valence electrons. The number of carboxylic acids is 1. The molecule has 2 aromatic carbocycles. The first-order valence-corrected chi connectivity index (χ1v) is 11.1. The molecular formula is C24H25N3O4S. The Bertz CT molecular complexity index is 1340. The number of anilines is 1. The number of fused-ring (bicyclic) bond motifs is 3. The predicted molar refractivity (Wildman–Crippen MR) is 129 cm³/mol. The fourth-order valence-corrected chi connectivity index (χ4v) is 4.21. The van der Waals surface area contributed by atoms with E-state index in [9.17, 15) is 14.4 Å². The fraction of sp³-hybridized carbons (Fsp3) is 0.208. The lowest BCUT2D eigenvalue weighted by Gasteiger charge is -2.08. The van der Waals surface area contributed by atoms with Crippen molar-refractivity contribution < 1.29 is 14.7 Å². The Morgan fingerprint density at radius 1 is 1.09 bits per heavy atom. The standard InChI is InChI=1S/C21H19N3O2S.C3H6O2/c1-3-13-11-22-20-19(13)17-10-16(7-8-18(17)24-21(20)26)27-15-6-4-5-14(9-15)23-12(2)25;1-2-3(4)5/h4-11,22H,3H2,1-2H3,(H,23,25)(H,24,26);2H2,1H3,(H,4,5). The summed E-state index contributed by atoms with van der Waals surface area (Å²) >= 11 is 1.62. The summed E-state index contributed by atoms with van der Waals surface area (Å²) in [6, 6.07) is 13.8. The van der Waals surface area contributed by atoms with Gasteiger partial charge in [0.05, 0.1) is 0 Å². The first kappa shape index (κ1) is 23.1. The van der Waals surface area contributed by atoms with Crippen LogP contribution in [0, 0.1) is 0 Å². The van der Waals surface area contributed by atoms with Gasteiger partial charge in [0.15, 0.2) is 0 Å². The molecule has 2 heterocycles. The van der Waals surface area contributed by atoms with Crippen molar-refractivity contribution in [1.82, 2.24) is 9.97 Å². The maximum atomic E-state index is 12.3. The Morgan fingerprint density at radius 2 is 1.81 bits per heavy atom. The number of rotatable bonds is 5. The van der Waals surface area contributed by atoms with E-state index >= 15 is 0 Å². The number of aryl methyl sites for hydroxylation is 1. The van der Waals surface area contributed by atoms with Gasteiger partial charge in [-0.2, -0.15) is 0 Å². The summed E-state index contributed by atoms with van der Waals surface area (Å²) in [7, 11) is 0. The molecule has 1 amide bonds. The van der Waals surface area contributed by atoms with Gasteiger partial charge < -0.3 is 20.4 Å². The third-order valence-corrected chi connectivity index (χ3v) is 5.75. The third-order valence-electron chi connectivity index (χ3n) is 4.77. The van der Waals surface area contributed by atoms with Crippen LogP contribution < -0.4 is 10.9 Å². The van der Waals surface area contributed by atoms with E-state index in [4.69, 9.17) is 5.11 Å². The molecule has 32 heavy (non-hydrogen) atoms. The summed E-state index contributed by atoms with van der Waals surface area (Å²) in [6.07, 6.45) is 2.99. The third kappa shape index (κ3) is 5.39. The van der Waals surface area contributed by atoms with E-state index < -0.39 is 5.97 Å². The number of carbonyl (C=O) groups is 2. The van der Waals surface area contributed by atoms with Crippen LogP contribution in [0.5, 0.6) is 0 Å². The highest BCUT2D eigenvalue weighted by molar-refractivity contribution is 7.99. The number of pyridine rings is 1. The summed E-state index contributed by atoms with van der Waals surface area (Å²) in [5.74, 6) is -0.834. The Balaban J connectivity index is 0.000000523. The van der Waals surface area contributed by atoms with Crippen LogP contribution in [0.1, 0.15) is 32.8 Å². The summed E-state index contributed by atoms with van der Waals surface area (Å²) in [6.45, 7) is 5.18. The van der Waals surface area contributed by atoms with E-state index in [2.05, 4.69) is 28.3 Å². The molecule has 0 saturated heterocycles. The van der Waals surface area contributed by atoms with Crippen molar-refractivity contribution in [3.63, 3.8) is 0 Å². The number of nitrogens with one attached hydrogen (secondary N) is 3. The molecule has 0 aliphatic heterocycles. The second-order valence-corrected chi connectivity index (χ2v) is 8.28. The van der Waals surface area contributed by atoms with Crippen LogP contribution in [0.4, 0.5) is 5.69 Å². The van der Waals surface area contributed by atoms with Crippen molar-refractivity contribution in [1.29, 1.82) is 0 Å². The Morgan fingerprint density at radius 3 is 2.47 bits per heavy atom. The second-order valence-electron chi connectivity index (χ2n) is 7.14. The molecule has 4 rings (SSSR count). The minimum atomic E-state index is -0.745. The molecule has 0 atom stereocenters. The number of aromatic nitrogens is 2. The number of carboxylic acid groups (broad SMARTS) is 1. The summed E-state index contributed by atoms with van der Waals surface area (Å²) < 4.78 is 0. The van der Waals surface area contributed by atoms with Gasteiger partial charge in [0.2, 0.25) is 5.91 Å². The monoisotopic (exact) mass is 451 g/mol. The first-order chi connectivity index (χ1) is 15.3. The average molecular weight is 452 g/mol. The lowest BCUT2D eigenvalue weighted by Crippen LogP contribution is -2.06. The van der Waals surface area contributed by atoms with Gasteiger partial charge in [-0.1, -0.05) is 31.7 Å². The normalized spacial score (nSPS) is 10.6.